The van der Waals surface area contributed by atoms with Crippen LogP contribution in [0.15, 0.2) is 18.2 Å². The highest BCUT2D eigenvalue weighted by Gasteiger charge is 2.15. The average molecular weight is 188 g/mol. The monoisotopic (exact) mass is 188 g/mol. The van der Waals surface area contributed by atoms with Crippen molar-refractivity contribution in [2.24, 2.45) is 0 Å². The molecule has 0 N–H and O–H groups in total. The van der Waals surface area contributed by atoms with E-state index in [9.17, 15) is 13.6 Å². The molecule has 0 saturated heterocycles. The maximum atomic E-state index is 12.8. The molecule has 0 heterocycles. The van der Waals surface area contributed by atoms with Crippen LogP contribution in [0.4, 0.5) is 8.78 Å². The molecule has 0 aliphatic rings. The van der Waals surface area contributed by atoms with E-state index in [-0.39, 0.29) is 0 Å². The van der Waals surface area contributed by atoms with Gasteiger partial charge in [0.1, 0.15) is 17.2 Å². The Kier molecular flexibility index (Phi) is 2.81. The van der Waals surface area contributed by atoms with Crippen LogP contribution in [-0.2, 0) is 0 Å². The molecule has 0 atom stereocenters. The molecule has 0 fully saturated rings. The van der Waals surface area contributed by atoms with Crippen molar-refractivity contribution in [3.05, 3.63) is 35.4 Å². The van der Waals surface area contributed by atoms with Crippen molar-refractivity contribution < 1.29 is 13.6 Å². The lowest BCUT2D eigenvalue weighted by Gasteiger charge is -1.99. The molecule has 0 amide bonds. The zero-order valence-corrected chi connectivity index (χ0v) is 7.12. The van der Waals surface area contributed by atoms with E-state index in [1.807, 2.05) is 0 Å². The minimum absolute atomic E-state index is 0.468. The van der Waals surface area contributed by atoms with Crippen molar-refractivity contribution in [2.75, 3.05) is 6.26 Å². The van der Waals surface area contributed by atoms with Gasteiger partial charge >= 0.3 is 0 Å². The van der Waals surface area contributed by atoms with Crippen molar-refractivity contribution in [3.63, 3.8) is 0 Å². The summed E-state index contributed by atoms with van der Waals surface area (Å²) in [5, 5.41) is -0.592. The molecule has 0 aliphatic carbocycles. The van der Waals surface area contributed by atoms with E-state index in [1.54, 1.807) is 0 Å². The van der Waals surface area contributed by atoms with Crippen LogP contribution in [0, 0.1) is 11.6 Å². The molecule has 0 unspecified atom stereocenters. The summed E-state index contributed by atoms with van der Waals surface area (Å²) in [6.45, 7) is 0. The molecule has 64 valence electrons. The summed E-state index contributed by atoms with van der Waals surface area (Å²) in [6, 6.07) is 3.35. The van der Waals surface area contributed by atoms with Gasteiger partial charge in [0.25, 0.3) is 0 Å². The first kappa shape index (κ1) is 9.19. The normalized spacial score (nSPS) is 9.92. The van der Waals surface area contributed by atoms with Gasteiger partial charge in [-0.25, -0.2) is 8.78 Å². The summed E-state index contributed by atoms with van der Waals surface area (Å²) in [6.07, 6.45) is 1.48. The van der Waals surface area contributed by atoms with E-state index in [4.69, 9.17) is 0 Å². The number of rotatable bonds is 1. The third kappa shape index (κ3) is 1.64. The van der Waals surface area contributed by atoms with Crippen molar-refractivity contribution in [1.29, 1.82) is 0 Å². The summed E-state index contributed by atoms with van der Waals surface area (Å²) >= 11 is 0.787. The Balaban J connectivity index is 3.21. The zero-order valence-electron chi connectivity index (χ0n) is 6.30. The van der Waals surface area contributed by atoms with Crippen LogP contribution in [0.3, 0.4) is 0 Å². The van der Waals surface area contributed by atoms with Gasteiger partial charge in [-0.15, -0.1) is 0 Å². The van der Waals surface area contributed by atoms with E-state index >= 15 is 0 Å². The Hall–Kier alpha value is -0.900. The SMILES string of the molecule is CSC(=O)c1c(F)cccc1F. The minimum Gasteiger partial charge on any atom is -0.281 e. The smallest absolute Gasteiger partial charge is 0.225 e. The first-order chi connectivity index (χ1) is 5.66. The Morgan fingerprint density at radius 2 is 1.83 bits per heavy atom. The fourth-order valence-electron chi connectivity index (χ4n) is 0.795. The van der Waals surface area contributed by atoms with Crippen molar-refractivity contribution in [2.45, 2.75) is 0 Å². The number of hydrogen-bond donors (Lipinski definition) is 0. The molecule has 0 spiro atoms. The molecule has 1 rings (SSSR count). The van der Waals surface area contributed by atoms with E-state index < -0.39 is 22.3 Å². The highest BCUT2D eigenvalue weighted by molar-refractivity contribution is 8.13. The van der Waals surface area contributed by atoms with Gasteiger partial charge in [-0.2, -0.15) is 0 Å². The summed E-state index contributed by atoms with van der Waals surface area (Å²) in [4.78, 5) is 10.9. The molecule has 0 saturated carbocycles. The quantitative estimate of drug-likeness (QED) is 0.673. The number of thioether (sulfide) groups is 1. The van der Waals surface area contributed by atoms with Crippen LogP contribution in [0.2, 0.25) is 0 Å². The van der Waals surface area contributed by atoms with Gasteiger partial charge in [0.2, 0.25) is 5.12 Å². The lowest BCUT2D eigenvalue weighted by molar-refractivity contribution is 0.108. The maximum absolute atomic E-state index is 12.8. The van der Waals surface area contributed by atoms with Crippen LogP contribution in [0.5, 0.6) is 0 Å². The molecule has 0 aliphatic heterocycles. The lowest BCUT2D eigenvalue weighted by atomic mass is 10.2. The van der Waals surface area contributed by atoms with E-state index in [2.05, 4.69) is 0 Å². The summed E-state index contributed by atoms with van der Waals surface area (Å²) in [7, 11) is 0. The summed E-state index contributed by atoms with van der Waals surface area (Å²) < 4.78 is 25.6. The average Bonchev–Trinajstić information content (AvgIpc) is 2.03. The second kappa shape index (κ2) is 3.67. The second-order valence-corrected chi connectivity index (χ2v) is 2.87. The zero-order chi connectivity index (χ0) is 9.14. The van der Waals surface area contributed by atoms with Crippen LogP contribution in [-0.4, -0.2) is 11.4 Å². The molecule has 0 aromatic heterocycles. The van der Waals surface area contributed by atoms with E-state index in [0.717, 1.165) is 23.9 Å². The third-order valence-corrected chi connectivity index (χ3v) is 1.93. The van der Waals surface area contributed by atoms with Crippen molar-refractivity contribution in [3.8, 4) is 0 Å². The molecular weight excluding hydrogens is 182 g/mol. The van der Waals surface area contributed by atoms with Gasteiger partial charge in [0, 0.05) is 0 Å². The van der Waals surface area contributed by atoms with Gasteiger partial charge < -0.3 is 0 Å². The number of carbonyl (C=O) groups excluding carboxylic acids is 1. The fraction of sp³-hybridized carbons (Fsp3) is 0.125. The van der Waals surface area contributed by atoms with Crippen LogP contribution in [0.25, 0.3) is 0 Å². The molecule has 12 heavy (non-hydrogen) atoms. The Morgan fingerprint density at radius 3 is 2.25 bits per heavy atom. The fourth-order valence-corrected chi connectivity index (χ4v) is 1.19. The van der Waals surface area contributed by atoms with Gasteiger partial charge in [0.15, 0.2) is 0 Å². The molecule has 0 radical (unpaired) electrons. The van der Waals surface area contributed by atoms with Gasteiger partial charge in [0.05, 0.1) is 0 Å². The van der Waals surface area contributed by atoms with E-state index in [1.165, 1.54) is 12.3 Å². The first-order valence-electron chi connectivity index (χ1n) is 3.19. The highest BCUT2D eigenvalue weighted by Crippen LogP contribution is 2.16. The van der Waals surface area contributed by atoms with Crippen molar-refractivity contribution >= 4 is 16.9 Å². The van der Waals surface area contributed by atoms with Gasteiger partial charge in [-0.05, 0) is 18.4 Å². The molecule has 1 nitrogen and oxygen atoms in total. The standard InChI is InChI=1S/C8H6F2OS/c1-12-8(11)7-5(9)3-2-4-6(7)10/h2-4H,1H3. The maximum Gasteiger partial charge on any atom is 0.225 e. The van der Waals surface area contributed by atoms with Gasteiger partial charge in [-0.3, -0.25) is 4.79 Å². The van der Waals surface area contributed by atoms with Crippen molar-refractivity contribution in [1.82, 2.24) is 0 Å². The Bertz CT molecular complexity index is 292. The summed E-state index contributed by atoms with van der Waals surface area (Å²) in [5.41, 5.74) is -0.468. The molecule has 1 aromatic rings. The second-order valence-electron chi connectivity index (χ2n) is 2.09. The Labute approximate surface area is 72.8 Å². The minimum atomic E-state index is -0.811. The largest absolute Gasteiger partial charge is 0.281 e. The predicted octanol–water partition coefficient (Wildman–Crippen LogP) is 2.47. The third-order valence-electron chi connectivity index (χ3n) is 1.35. The molecular formula is C8H6F2OS. The Morgan fingerprint density at radius 1 is 1.33 bits per heavy atom. The molecule has 1 aromatic carbocycles. The van der Waals surface area contributed by atoms with Crippen LogP contribution < -0.4 is 0 Å². The first-order valence-corrected chi connectivity index (χ1v) is 4.41. The van der Waals surface area contributed by atoms with E-state index in [0.29, 0.717) is 0 Å². The van der Waals surface area contributed by atoms with Crippen LogP contribution in [0.1, 0.15) is 10.4 Å². The number of carbonyl (C=O) groups is 1. The molecule has 0 bridgehead atoms. The number of benzene rings is 1. The predicted molar refractivity (Wildman–Crippen MR) is 44.2 cm³/mol. The topological polar surface area (TPSA) is 17.1 Å². The van der Waals surface area contributed by atoms with Crippen LogP contribution >= 0.6 is 11.8 Å². The number of halogens is 2. The molecule has 4 heteroatoms. The summed E-state index contributed by atoms with van der Waals surface area (Å²) in [5.74, 6) is -1.62. The van der Waals surface area contributed by atoms with Gasteiger partial charge in [-0.1, -0.05) is 17.8 Å². The lowest BCUT2D eigenvalue weighted by Crippen LogP contribution is -2.00. The number of hydrogen-bond acceptors (Lipinski definition) is 2. The highest BCUT2D eigenvalue weighted by atomic mass is 32.2.